The summed E-state index contributed by atoms with van der Waals surface area (Å²) in [5.41, 5.74) is 2.50. The van der Waals surface area contributed by atoms with Crippen LogP contribution in [0.3, 0.4) is 0 Å². The molecule has 0 aromatic heterocycles. The molecule has 0 bridgehead atoms. The summed E-state index contributed by atoms with van der Waals surface area (Å²) in [6, 6.07) is 12.0. The SMILES string of the molecule is COc1ccc(C)cc1NC(=O)CNC(=O)CCNS(=O)(=O)c1ccc(C(C)C)cc1. The third-order valence-electron chi connectivity index (χ3n) is 4.58. The fourth-order valence-corrected chi connectivity index (χ4v) is 3.83. The first-order valence-electron chi connectivity index (χ1n) is 9.93. The summed E-state index contributed by atoms with van der Waals surface area (Å²) in [5, 5.41) is 5.16. The summed E-state index contributed by atoms with van der Waals surface area (Å²) in [5.74, 6) is -0.0361. The Hall–Kier alpha value is -2.91. The van der Waals surface area contributed by atoms with E-state index < -0.39 is 21.8 Å². The van der Waals surface area contributed by atoms with Crippen LogP contribution in [0.25, 0.3) is 0 Å². The van der Waals surface area contributed by atoms with Crippen LogP contribution < -0.4 is 20.1 Å². The average molecular weight is 448 g/mol. The summed E-state index contributed by atoms with van der Waals surface area (Å²) in [6.45, 7) is 5.62. The third-order valence-corrected chi connectivity index (χ3v) is 6.05. The number of hydrogen-bond acceptors (Lipinski definition) is 5. The van der Waals surface area contributed by atoms with E-state index in [1.807, 2.05) is 26.8 Å². The van der Waals surface area contributed by atoms with Crippen LogP contribution in [-0.2, 0) is 19.6 Å². The first-order valence-corrected chi connectivity index (χ1v) is 11.4. The van der Waals surface area contributed by atoms with E-state index in [0.29, 0.717) is 17.4 Å². The van der Waals surface area contributed by atoms with Crippen molar-refractivity contribution in [2.45, 2.75) is 38.0 Å². The third kappa shape index (κ3) is 7.37. The zero-order chi connectivity index (χ0) is 23.0. The maximum atomic E-state index is 12.3. The molecule has 8 nitrogen and oxygen atoms in total. The van der Waals surface area contributed by atoms with Gasteiger partial charge in [-0.25, -0.2) is 13.1 Å². The first-order chi connectivity index (χ1) is 14.6. The van der Waals surface area contributed by atoms with Crippen LogP contribution in [0.4, 0.5) is 5.69 Å². The van der Waals surface area contributed by atoms with Crippen molar-refractivity contribution in [1.82, 2.24) is 10.0 Å². The number of aryl methyl sites for hydroxylation is 1. The highest BCUT2D eigenvalue weighted by Crippen LogP contribution is 2.24. The van der Waals surface area contributed by atoms with Crippen LogP contribution in [0.5, 0.6) is 5.75 Å². The fourth-order valence-electron chi connectivity index (χ4n) is 2.80. The van der Waals surface area contributed by atoms with Crippen LogP contribution in [0.1, 0.15) is 37.3 Å². The summed E-state index contributed by atoms with van der Waals surface area (Å²) < 4.78 is 32.3. The second kappa shape index (κ2) is 10.9. The number of rotatable bonds is 10. The maximum Gasteiger partial charge on any atom is 0.243 e. The van der Waals surface area contributed by atoms with E-state index in [-0.39, 0.29) is 24.4 Å². The number of sulfonamides is 1. The number of anilines is 1. The lowest BCUT2D eigenvalue weighted by Gasteiger charge is -2.12. The maximum absolute atomic E-state index is 12.3. The second-order valence-corrected chi connectivity index (χ2v) is 9.17. The summed E-state index contributed by atoms with van der Waals surface area (Å²) in [4.78, 5) is 24.2. The lowest BCUT2D eigenvalue weighted by molar-refractivity contribution is -0.124. The lowest BCUT2D eigenvalue weighted by atomic mass is 10.0. The van der Waals surface area contributed by atoms with Gasteiger partial charge in [-0.2, -0.15) is 0 Å². The van der Waals surface area contributed by atoms with Crippen molar-refractivity contribution in [3.63, 3.8) is 0 Å². The highest BCUT2D eigenvalue weighted by atomic mass is 32.2. The van der Waals surface area contributed by atoms with Crippen LogP contribution in [-0.4, -0.2) is 40.4 Å². The zero-order valence-electron chi connectivity index (χ0n) is 18.2. The van der Waals surface area contributed by atoms with Crippen molar-refractivity contribution in [3.05, 3.63) is 53.6 Å². The van der Waals surface area contributed by atoms with Gasteiger partial charge in [-0.1, -0.05) is 32.0 Å². The van der Waals surface area contributed by atoms with Gasteiger partial charge < -0.3 is 15.4 Å². The smallest absolute Gasteiger partial charge is 0.243 e. The van der Waals surface area contributed by atoms with Crippen LogP contribution in [0.2, 0.25) is 0 Å². The number of benzene rings is 2. The normalized spacial score (nSPS) is 11.3. The quantitative estimate of drug-likeness (QED) is 0.518. The van der Waals surface area contributed by atoms with Gasteiger partial charge in [0.15, 0.2) is 0 Å². The molecule has 0 spiro atoms. The Balaban J connectivity index is 1.79. The molecule has 0 fully saturated rings. The van der Waals surface area contributed by atoms with Gasteiger partial charge >= 0.3 is 0 Å². The minimum atomic E-state index is -3.71. The van der Waals surface area contributed by atoms with Gasteiger partial charge in [-0.15, -0.1) is 0 Å². The van der Waals surface area contributed by atoms with Crippen molar-refractivity contribution in [1.29, 1.82) is 0 Å². The second-order valence-electron chi connectivity index (χ2n) is 7.40. The van der Waals surface area contributed by atoms with Crippen LogP contribution in [0, 0.1) is 6.92 Å². The molecular weight excluding hydrogens is 418 g/mol. The fraction of sp³-hybridized carbons (Fsp3) is 0.364. The molecule has 0 unspecified atom stereocenters. The van der Waals surface area contributed by atoms with E-state index in [2.05, 4.69) is 15.4 Å². The van der Waals surface area contributed by atoms with E-state index in [1.54, 1.807) is 36.4 Å². The van der Waals surface area contributed by atoms with Gasteiger partial charge in [0.2, 0.25) is 21.8 Å². The van der Waals surface area contributed by atoms with Gasteiger partial charge in [0.05, 0.1) is 24.2 Å². The Morgan fingerprint density at radius 2 is 1.71 bits per heavy atom. The molecule has 3 N–H and O–H groups in total. The molecule has 0 aliphatic carbocycles. The number of nitrogens with one attached hydrogen (secondary N) is 3. The van der Waals surface area contributed by atoms with Gasteiger partial charge in [0.25, 0.3) is 0 Å². The van der Waals surface area contributed by atoms with Gasteiger partial charge in [0.1, 0.15) is 5.75 Å². The molecule has 0 aliphatic heterocycles. The molecule has 0 radical (unpaired) electrons. The number of hydrogen-bond donors (Lipinski definition) is 3. The van der Waals surface area contributed by atoms with E-state index >= 15 is 0 Å². The largest absolute Gasteiger partial charge is 0.495 e. The van der Waals surface area contributed by atoms with Crippen molar-refractivity contribution in [2.75, 3.05) is 25.5 Å². The molecule has 9 heteroatoms. The molecule has 0 saturated heterocycles. The zero-order valence-corrected chi connectivity index (χ0v) is 19.0. The topological polar surface area (TPSA) is 114 Å². The molecule has 168 valence electrons. The number of carbonyl (C=O) groups is 2. The van der Waals surface area contributed by atoms with E-state index in [9.17, 15) is 18.0 Å². The number of ether oxygens (including phenoxy) is 1. The Labute approximate surface area is 183 Å². The minimum absolute atomic E-state index is 0.0760. The van der Waals surface area contributed by atoms with Crippen molar-refractivity contribution >= 4 is 27.5 Å². The van der Waals surface area contributed by atoms with E-state index in [0.717, 1.165) is 11.1 Å². The minimum Gasteiger partial charge on any atom is -0.495 e. The lowest BCUT2D eigenvalue weighted by Crippen LogP contribution is -2.35. The van der Waals surface area contributed by atoms with Crippen molar-refractivity contribution < 1.29 is 22.7 Å². The molecule has 31 heavy (non-hydrogen) atoms. The highest BCUT2D eigenvalue weighted by Gasteiger charge is 2.15. The Morgan fingerprint density at radius 3 is 2.32 bits per heavy atom. The number of amides is 2. The Kier molecular flexibility index (Phi) is 8.58. The Morgan fingerprint density at radius 1 is 1.03 bits per heavy atom. The monoisotopic (exact) mass is 447 g/mol. The van der Waals surface area contributed by atoms with Crippen LogP contribution in [0.15, 0.2) is 47.4 Å². The molecule has 0 atom stereocenters. The van der Waals surface area contributed by atoms with Crippen molar-refractivity contribution in [3.8, 4) is 5.75 Å². The number of methoxy groups -OCH3 is 1. The molecule has 2 aromatic carbocycles. The van der Waals surface area contributed by atoms with Crippen LogP contribution >= 0.6 is 0 Å². The summed E-state index contributed by atoms with van der Waals surface area (Å²) >= 11 is 0. The van der Waals surface area contributed by atoms with Gasteiger partial charge in [-0.3, -0.25) is 9.59 Å². The molecule has 2 aromatic rings. The number of carbonyl (C=O) groups excluding carboxylic acids is 2. The molecule has 2 amide bonds. The van der Waals surface area contributed by atoms with E-state index in [4.69, 9.17) is 4.74 Å². The molecule has 2 rings (SSSR count). The molecule has 0 saturated carbocycles. The summed E-state index contributed by atoms with van der Waals surface area (Å²) in [6.07, 6.45) is -0.0929. The Bertz CT molecular complexity index is 1020. The first kappa shape index (κ1) is 24.4. The van der Waals surface area contributed by atoms with E-state index in [1.165, 1.54) is 7.11 Å². The van der Waals surface area contributed by atoms with Gasteiger partial charge in [-0.05, 0) is 48.2 Å². The highest BCUT2D eigenvalue weighted by molar-refractivity contribution is 7.89. The van der Waals surface area contributed by atoms with Gasteiger partial charge in [0, 0.05) is 13.0 Å². The molecule has 0 aliphatic rings. The average Bonchev–Trinajstić information content (AvgIpc) is 2.72. The predicted molar refractivity (Wildman–Crippen MR) is 120 cm³/mol. The predicted octanol–water partition coefficient (Wildman–Crippen LogP) is 2.55. The summed E-state index contributed by atoms with van der Waals surface area (Å²) in [7, 11) is -2.20. The molecule has 0 heterocycles. The molecular formula is C22H29N3O5S. The standard InChI is InChI=1S/C22H29N3O5S/c1-15(2)17-6-8-18(9-7-17)31(28,29)24-12-11-21(26)23-14-22(27)25-19-13-16(3)5-10-20(19)30-4/h5-10,13,15,24H,11-12,14H2,1-4H3,(H,23,26)(H,25,27). The van der Waals surface area contributed by atoms with Crippen molar-refractivity contribution in [2.24, 2.45) is 0 Å².